The molecular formula is C43H56Cl3N3O12. The first kappa shape index (κ1) is 52.4. The molecule has 2 aliphatic rings. The largest absolute Gasteiger partial charge is 0.480 e. The highest BCUT2D eigenvalue weighted by atomic mass is 35.5. The zero-order valence-electron chi connectivity index (χ0n) is 35.4. The molecule has 18 heteroatoms. The predicted molar refractivity (Wildman–Crippen MR) is 228 cm³/mol. The Morgan fingerprint density at radius 3 is 1.56 bits per heavy atom. The van der Waals surface area contributed by atoms with E-state index in [1.165, 1.54) is 16.8 Å². The van der Waals surface area contributed by atoms with Crippen LogP contribution in [-0.2, 0) is 54.1 Å². The number of rotatable bonds is 14. The van der Waals surface area contributed by atoms with E-state index in [1.807, 2.05) is 6.07 Å². The van der Waals surface area contributed by atoms with Crippen molar-refractivity contribution in [3.63, 3.8) is 0 Å². The molecule has 4 rings (SSSR count). The minimum Gasteiger partial charge on any atom is -0.480 e. The lowest BCUT2D eigenvalue weighted by Gasteiger charge is -2.43. The SMILES string of the molecule is CC(C)C(=O)CCC(=O)OCOC(=O)N(C)[C@]1(c2ccccc2Cl)CCCCC1=O.CC(C)C(=O)NCC(=O)O.CN(C(=O)OCCl)[C@]1(c2ccccc2Cl)CCCCC1=O. The molecule has 3 amide bonds. The number of nitrogens with one attached hydrogen (secondary N) is 1. The summed E-state index contributed by atoms with van der Waals surface area (Å²) in [5.41, 5.74) is -1.09. The number of ketones is 3. The van der Waals surface area contributed by atoms with Gasteiger partial charge in [-0.05, 0) is 50.7 Å². The summed E-state index contributed by atoms with van der Waals surface area (Å²) < 4.78 is 14.8. The molecule has 15 nitrogen and oxygen atoms in total. The molecule has 2 aromatic rings. The van der Waals surface area contributed by atoms with Crippen LogP contribution < -0.4 is 5.32 Å². The fourth-order valence-electron chi connectivity index (χ4n) is 6.91. The molecule has 0 aliphatic heterocycles. The molecule has 0 radical (unpaired) electrons. The second-order valence-electron chi connectivity index (χ2n) is 15.0. The van der Waals surface area contributed by atoms with Gasteiger partial charge in [0.1, 0.15) is 23.4 Å². The van der Waals surface area contributed by atoms with Gasteiger partial charge in [0.2, 0.25) is 12.7 Å². The monoisotopic (exact) mass is 911 g/mol. The topological polar surface area (TPSA) is 203 Å². The number of ether oxygens (including phenoxy) is 3. The Bertz CT molecular complexity index is 1880. The zero-order chi connectivity index (χ0) is 45.9. The maximum absolute atomic E-state index is 13.0. The van der Waals surface area contributed by atoms with E-state index in [9.17, 15) is 38.4 Å². The number of hydrogen-bond donors (Lipinski definition) is 2. The standard InChI is InChI=1S/C22H28ClNO6.C15H17Cl2NO3.C6H11NO3/c1-15(2)18(25)11-12-20(27)29-14-30-21(28)24(3)22(13-7-6-10-19(22)26)16-8-4-5-9-17(16)23;1-18(14(20)21-10-16)15(9-5-4-8-13(15)19)11-6-2-3-7-12(11)17;1-4(2)6(10)7-3-5(8)9/h4-5,8-9,15H,6-7,10-14H2,1-3H3;2-3,6-7H,4-5,8-10H2,1H3;4H,3H2,1-2H3,(H,7,10)(H,8,9)/t22-;15-;/m00./s1. The number of Topliss-reactive ketones (excluding diaryl/α,β-unsaturated/α-hetero) is 3. The summed E-state index contributed by atoms with van der Waals surface area (Å²) in [5.74, 6) is -2.36. The van der Waals surface area contributed by atoms with Crippen molar-refractivity contribution in [3.05, 3.63) is 69.7 Å². The van der Waals surface area contributed by atoms with E-state index < -0.39 is 42.0 Å². The molecule has 0 spiro atoms. The van der Waals surface area contributed by atoms with Crippen LogP contribution in [0.25, 0.3) is 0 Å². The number of amides is 3. The van der Waals surface area contributed by atoms with E-state index in [1.54, 1.807) is 77.2 Å². The third-order valence-corrected chi connectivity index (χ3v) is 11.1. The Morgan fingerprint density at radius 1 is 0.705 bits per heavy atom. The number of likely N-dealkylation sites (N-methyl/N-ethyl adjacent to an activating group) is 2. The number of benzene rings is 2. The first-order valence-electron chi connectivity index (χ1n) is 19.9. The smallest absolute Gasteiger partial charge is 0.413 e. The molecule has 2 N–H and O–H groups in total. The fourth-order valence-corrected chi connectivity index (χ4v) is 7.59. The molecular weight excluding hydrogens is 857 g/mol. The van der Waals surface area contributed by atoms with Gasteiger partial charge in [-0.3, -0.25) is 38.6 Å². The second-order valence-corrected chi connectivity index (χ2v) is 16.0. The molecule has 2 aromatic carbocycles. The van der Waals surface area contributed by atoms with Crippen molar-refractivity contribution in [1.82, 2.24) is 15.1 Å². The number of halogens is 3. The maximum Gasteiger partial charge on any atom is 0.413 e. The van der Waals surface area contributed by atoms with Crippen LogP contribution in [0.4, 0.5) is 9.59 Å². The number of carbonyl (C=O) groups is 8. The summed E-state index contributed by atoms with van der Waals surface area (Å²) in [6.45, 7) is 6.04. The van der Waals surface area contributed by atoms with Crippen LogP contribution in [0.2, 0.25) is 10.0 Å². The van der Waals surface area contributed by atoms with Gasteiger partial charge in [-0.1, -0.05) is 98.9 Å². The van der Waals surface area contributed by atoms with Crippen LogP contribution in [0.3, 0.4) is 0 Å². The van der Waals surface area contributed by atoms with Crippen LogP contribution in [0.15, 0.2) is 48.5 Å². The highest BCUT2D eigenvalue weighted by Gasteiger charge is 2.50. The van der Waals surface area contributed by atoms with Crippen molar-refractivity contribution < 1.29 is 57.7 Å². The molecule has 336 valence electrons. The number of carboxylic acid groups (broad SMARTS) is 1. The number of hydrogen-bond acceptors (Lipinski definition) is 11. The minimum atomic E-state index is -1.22. The first-order chi connectivity index (χ1) is 28.8. The molecule has 0 unspecified atom stereocenters. The Balaban J connectivity index is 0.000000357. The van der Waals surface area contributed by atoms with Crippen molar-refractivity contribution in [2.24, 2.45) is 11.8 Å². The summed E-state index contributed by atoms with van der Waals surface area (Å²) in [7, 11) is 3.04. The van der Waals surface area contributed by atoms with Gasteiger partial charge in [0, 0.05) is 66.4 Å². The Kier molecular flexibility index (Phi) is 21.7. The highest BCUT2D eigenvalue weighted by Crippen LogP contribution is 2.43. The Morgan fingerprint density at radius 2 is 1.16 bits per heavy atom. The fraction of sp³-hybridized carbons (Fsp3) is 0.535. The number of carbonyl (C=O) groups excluding carboxylic acids is 7. The van der Waals surface area contributed by atoms with Crippen molar-refractivity contribution in [1.29, 1.82) is 0 Å². The lowest BCUT2D eigenvalue weighted by molar-refractivity contribution is -0.154. The van der Waals surface area contributed by atoms with E-state index >= 15 is 0 Å². The van der Waals surface area contributed by atoms with Gasteiger partial charge in [-0.25, -0.2) is 9.59 Å². The van der Waals surface area contributed by atoms with E-state index in [-0.39, 0.29) is 60.5 Å². The van der Waals surface area contributed by atoms with Gasteiger partial charge in [0.25, 0.3) is 0 Å². The summed E-state index contributed by atoms with van der Waals surface area (Å²) in [6, 6.07) is 13.8. The average Bonchev–Trinajstić information content (AvgIpc) is 3.22. The number of alkyl halides is 1. The average molecular weight is 913 g/mol. The third-order valence-electron chi connectivity index (χ3n) is 10.4. The molecule has 61 heavy (non-hydrogen) atoms. The van der Waals surface area contributed by atoms with Gasteiger partial charge in [-0.15, -0.1) is 0 Å². The summed E-state index contributed by atoms with van der Waals surface area (Å²) >= 11 is 18.1. The predicted octanol–water partition coefficient (Wildman–Crippen LogP) is 8.04. The Labute approximate surface area is 371 Å². The van der Waals surface area contributed by atoms with Crippen molar-refractivity contribution in [3.8, 4) is 0 Å². The molecule has 0 heterocycles. The molecule has 2 fully saturated rings. The van der Waals surface area contributed by atoms with Crippen molar-refractivity contribution in [2.45, 2.75) is 103 Å². The number of esters is 1. The van der Waals surface area contributed by atoms with Gasteiger partial charge in [-0.2, -0.15) is 0 Å². The molecule has 2 aliphatic carbocycles. The van der Waals surface area contributed by atoms with Crippen LogP contribution in [0.5, 0.6) is 0 Å². The zero-order valence-corrected chi connectivity index (χ0v) is 37.7. The van der Waals surface area contributed by atoms with Crippen LogP contribution in [0.1, 0.15) is 103 Å². The third kappa shape index (κ3) is 14.4. The van der Waals surface area contributed by atoms with E-state index in [4.69, 9.17) is 54.1 Å². The summed E-state index contributed by atoms with van der Waals surface area (Å²) in [5, 5.41) is 11.2. The number of aliphatic carboxylic acids is 1. The summed E-state index contributed by atoms with van der Waals surface area (Å²) in [4.78, 5) is 96.9. The lowest BCUT2D eigenvalue weighted by Crippen LogP contribution is -2.54. The minimum absolute atomic E-state index is 0.0177. The Hall–Kier alpha value is -4.73. The van der Waals surface area contributed by atoms with Crippen LogP contribution in [0, 0.1) is 11.8 Å². The lowest BCUT2D eigenvalue weighted by atomic mass is 9.74. The van der Waals surface area contributed by atoms with E-state index in [0.29, 0.717) is 46.9 Å². The first-order valence-corrected chi connectivity index (χ1v) is 21.2. The van der Waals surface area contributed by atoms with E-state index in [2.05, 4.69) is 5.32 Å². The highest BCUT2D eigenvalue weighted by molar-refractivity contribution is 6.32. The number of carboxylic acids is 1. The van der Waals surface area contributed by atoms with Crippen molar-refractivity contribution in [2.75, 3.05) is 33.5 Å². The summed E-state index contributed by atoms with van der Waals surface area (Å²) in [6.07, 6.45) is 3.47. The van der Waals surface area contributed by atoms with Gasteiger partial charge in [0.15, 0.2) is 17.6 Å². The maximum atomic E-state index is 13.0. The quantitative estimate of drug-likeness (QED) is 0.105. The molecule has 2 saturated carbocycles. The molecule has 0 aromatic heterocycles. The van der Waals surface area contributed by atoms with Crippen LogP contribution in [-0.4, -0.2) is 95.8 Å². The normalized spacial score (nSPS) is 18.3. The second kappa shape index (κ2) is 25.3. The van der Waals surface area contributed by atoms with Crippen LogP contribution >= 0.6 is 34.8 Å². The van der Waals surface area contributed by atoms with Gasteiger partial charge in [0.05, 0.1) is 6.42 Å². The van der Waals surface area contributed by atoms with Crippen molar-refractivity contribution >= 4 is 82.2 Å². The molecule has 2 atom stereocenters. The molecule has 0 saturated heterocycles. The van der Waals surface area contributed by atoms with Gasteiger partial charge >= 0.3 is 24.1 Å². The number of nitrogens with zero attached hydrogens (tertiary/aromatic N) is 2. The van der Waals surface area contributed by atoms with Gasteiger partial charge < -0.3 is 24.6 Å². The van der Waals surface area contributed by atoms with E-state index in [0.717, 1.165) is 25.7 Å². The molecule has 0 bridgehead atoms.